The van der Waals surface area contributed by atoms with Crippen LogP contribution in [0.2, 0.25) is 0 Å². The maximum atomic E-state index is 4.71. The fourth-order valence-electron chi connectivity index (χ4n) is 0.228. The Labute approximate surface area is 58.0 Å². The Hall–Kier alpha value is 0.582. The summed E-state index contributed by atoms with van der Waals surface area (Å²) in [5.41, 5.74) is 0. The van der Waals surface area contributed by atoms with Gasteiger partial charge in [0.05, 0.1) is 6.61 Å². The maximum absolute atomic E-state index is 4.71. The van der Waals surface area contributed by atoms with Gasteiger partial charge in [-0.3, -0.25) is 0 Å². The van der Waals surface area contributed by atoms with Crippen molar-refractivity contribution in [2.24, 2.45) is 5.90 Å². The van der Waals surface area contributed by atoms with E-state index >= 15 is 0 Å². The largest absolute Gasteiger partial charge is 0.305 e. The number of unbranched alkanes of at least 4 members (excludes halogenated alkanes) is 1. The average Bonchev–Trinajstić information content (AvgIpc) is 1.61. The summed E-state index contributed by atoms with van der Waals surface area (Å²) in [6.07, 6.45) is 2.22. The molecule has 0 saturated carbocycles. The van der Waals surface area contributed by atoms with E-state index in [1.54, 1.807) is 0 Å². The molecule has 0 aromatic heterocycles. The third-order valence-corrected chi connectivity index (χ3v) is 0.616. The second kappa shape index (κ2) is 9.77. The van der Waals surface area contributed by atoms with Gasteiger partial charge in [0, 0.05) is 20.4 Å². The first-order valence-electron chi connectivity index (χ1n) is 2.23. The zero-order chi connectivity index (χ0) is 4.83. The van der Waals surface area contributed by atoms with Gasteiger partial charge in [0.25, 0.3) is 0 Å². The fraction of sp³-hybridized carbons (Fsp3) is 1.00. The molecule has 48 valence electrons. The molecule has 0 heterocycles. The Bertz CT molecular complexity index is 23.7. The summed E-state index contributed by atoms with van der Waals surface area (Å²) in [6.45, 7) is 2.79. The first-order valence-corrected chi connectivity index (χ1v) is 2.23. The summed E-state index contributed by atoms with van der Waals surface area (Å²) in [6, 6.07) is 0. The Balaban J connectivity index is 0. The van der Waals surface area contributed by atoms with Gasteiger partial charge in [0.1, 0.15) is 0 Å². The summed E-state index contributed by atoms with van der Waals surface area (Å²) in [5.74, 6) is 4.71. The van der Waals surface area contributed by atoms with E-state index in [0.29, 0.717) is 6.61 Å². The molecule has 0 aliphatic heterocycles. The van der Waals surface area contributed by atoms with Gasteiger partial charge in [0.15, 0.2) is 0 Å². The quantitative estimate of drug-likeness (QED) is 0.408. The van der Waals surface area contributed by atoms with Crippen LogP contribution in [0.25, 0.3) is 0 Å². The molecular weight excluding hydrogens is 184 g/mol. The number of nitrogens with two attached hydrogens (primary N) is 1. The third-order valence-electron chi connectivity index (χ3n) is 0.616. The van der Waals surface area contributed by atoms with Gasteiger partial charge in [-0.15, -0.1) is 0 Å². The van der Waals surface area contributed by atoms with E-state index < -0.39 is 0 Å². The van der Waals surface area contributed by atoms with E-state index in [1.807, 2.05) is 0 Å². The molecule has 0 unspecified atom stereocenters. The van der Waals surface area contributed by atoms with E-state index in [4.69, 9.17) is 5.90 Å². The van der Waals surface area contributed by atoms with Crippen molar-refractivity contribution in [1.82, 2.24) is 0 Å². The third kappa shape index (κ3) is 10.8. The molecular formula is C4H11NOPd. The summed E-state index contributed by atoms with van der Waals surface area (Å²) < 4.78 is 0. The molecule has 2 N–H and O–H groups in total. The minimum Gasteiger partial charge on any atom is -0.305 e. The van der Waals surface area contributed by atoms with Crippen LogP contribution in [-0.4, -0.2) is 6.61 Å². The molecule has 0 aromatic rings. The van der Waals surface area contributed by atoms with Crippen LogP contribution >= 0.6 is 0 Å². The van der Waals surface area contributed by atoms with Gasteiger partial charge in [-0.05, 0) is 6.42 Å². The van der Waals surface area contributed by atoms with Crippen molar-refractivity contribution in [3.8, 4) is 0 Å². The Morgan fingerprint density at radius 3 is 2.29 bits per heavy atom. The molecule has 0 rings (SSSR count). The first-order chi connectivity index (χ1) is 2.91. The van der Waals surface area contributed by atoms with Crippen LogP contribution in [-0.2, 0) is 25.3 Å². The van der Waals surface area contributed by atoms with E-state index in [0.717, 1.165) is 12.8 Å². The van der Waals surface area contributed by atoms with Crippen LogP contribution in [0.5, 0.6) is 0 Å². The van der Waals surface area contributed by atoms with Gasteiger partial charge >= 0.3 is 0 Å². The molecule has 2 nitrogen and oxygen atoms in total. The molecule has 0 aliphatic carbocycles. The van der Waals surface area contributed by atoms with Crippen molar-refractivity contribution in [3.05, 3.63) is 0 Å². The predicted octanol–water partition coefficient (Wildman–Crippen LogP) is 0.674. The zero-order valence-electron chi connectivity index (χ0n) is 4.42. The molecule has 0 aliphatic rings. The van der Waals surface area contributed by atoms with Crippen molar-refractivity contribution in [3.63, 3.8) is 0 Å². The van der Waals surface area contributed by atoms with Crippen molar-refractivity contribution >= 4 is 0 Å². The Morgan fingerprint density at radius 2 is 2.14 bits per heavy atom. The summed E-state index contributed by atoms with van der Waals surface area (Å²) in [5, 5.41) is 0. The molecule has 0 atom stereocenters. The van der Waals surface area contributed by atoms with Crippen LogP contribution in [0.3, 0.4) is 0 Å². The zero-order valence-corrected chi connectivity index (χ0v) is 5.98. The normalized spacial score (nSPS) is 7.71. The summed E-state index contributed by atoms with van der Waals surface area (Å²) >= 11 is 0. The first kappa shape index (κ1) is 10.5. The van der Waals surface area contributed by atoms with Gasteiger partial charge in [-0.25, -0.2) is 5.90 Å². The monoisotopic (exact) mass is 195 g/mol. The predicted molar refractivity (Wildman–Crippen MR) is 25.0 cm³/mol. The number of hydrogen-bond donors (Lipinski definition) is 1. The molecule has 0 aromatic carbocycles. The minimum atomic E-state index is 0. The van der Waals surface area contributed by atoms with E-state index in [1.165, 1.54) is 0 Å². The Morgan fingerprint density at radius 1 is 1.57 bits per heavy atom. The molecule has 3 heteroatoms. The van der Waals surface area contributed by atoms with Crippen molar-refractivity contribution < 1.29 is 25.3 Å². The van der Waals surface area contributed by atoms with Crippen LogP contribution < -0.4 is 5.90 Å². The van der Waals surface area contributed by atoms with Crippen LogP contribution in [0, 0.1) is 0 Å². The molecule has 0 saturated heterocycles. The smallest absolute Gasteiger partial charge is 0.0679 e. The minimum absolute atomic E-state index is 0. The molecule has 0 bridgehead atoms. The average molecular weight is 196 g/mol. The second-order valence-electron chi connectivity index (χ2n) is 1.22. The van der Waals surface area contributed by atoms with Gasteiger partial charge in [-0.2, -0.15) is 0 Å². The van der Waals surface area contributed by atoms with Gasteiger partial charge in [0.2, 0.25) is 0 Å². The number of rotatable bonds is 3. The van der Waals surface area contributed by atoms with E-state index in [-0.39, 0.29) is 20.4 Å². The van der Waals surface area contributed by atoms with Gasteiger partial charge in [-0.1, -0.05) is 13.3 Å². The van der Waals surface area contributed by atoms with Crippen LogP contribution in [0.1, 0.15) is 19.8 Å². The van der Waals surface area contributed by atoms with Crippen molar-refractivity contribution in [2.45, 2.75) is 19.8 Å². The maximum Gasteiger partial charge on any atom is 0.0679 e. The fourth-order valence-corrected chi connectivity index (χ4v) is 0.228. The Kier molecular flexibility index (Phi) is 14.7. The number of hydrogen-bond acceptors (Lipinski definition) is 2. The molecule has 7 heavy (non-hydrogen) atoms. The van der Waals surface area contributed by atoms with E-state index in [2.05, 4.69) is 11.8 Å². The topological polar surface area (TPSA) is 35.2 Å². The van der Waals surface area contributed by atoms with Crippen LogP contribution in [0.4, 0.5) is 0 Å². The second-order valence-corrected chi connectivity index (χ2v) is 1.22. The standard InChI is InChI=1S/C4H11NO.Pd/c1-2-3-4-6-5;/h2-5H2,1H3;. The molecule has 0 radical (unpaired) electrons. The summed E-state index contributed by atoms with van der Waals surface area (Å²) in [7, 11) is 0. The summed E-state index contributed by atoms with van der Waals surface area (Å²) in [4.78, 5) is 4.28. The van der Waals surface area contributed by atoms with Crippen molar-refractivity contribution in [2.75, 3.05) is 6.61 Å². The van der Waals surface area contributed by atoms with E-state index in [9.17, 15) is 0 Å². The molecule has 0 spiro atoms. The van der Waals surface area contributed by atoms with Gasteiger partial charge < -0.3 is 4.84 Å². The van der Waals surface area contributed by atoms with Crippen LogP contribution in [0.15, 0.2) is 0 Å². The van der Waals surface area contributed by atoms with Crippen molar-refractivity contribution in [1.29, 1.82) is 0 Å². The molecule has 0 amide bonds. The molecule has 0 fully saturated rings. The SMILES string of the molecule is CCCCON.[Pd].